The molecule has 0 fully saturated rings. The van der Waals surface area contributed by atoms with Crippen molar-refractivity contribution < 1.29 is 19.4 Å². The SMILES string of the molecule is COCCC(N)C(=O)NCCC(C)C(=O)O. The van der Waals surface area contributed by atoms with Gasteiger partial charge in [0, 0.05) is 20.3 Å². The number of amides is 1. The van der Waals surface area contributed by atoms with E-state index in [-0.39, 0.29) is 5.91 Å². The Balaban J connectivity index is 3.68. The van der Waals surface area contributed by atoms with Crippen molar-refractivity contribution in [2.45, 2.75) is 25.8 Å². The lowest BCUT2D eigenvalue weighted by Gasteiger charge is -2.12. The van der Waals surface area contributed by atoms with Crippen LogP contribution in [0.3, 0.4) is 0 Å². The van der Waals surface area contributed by atoms with Gasteiger partial charge in [0.25, 0.3) is 0 Å². The van der Waals surface area contributed by atoms with Crippen molar-refractivity contribution in [1.82, 2.24) is 5.32 Å². The number of ether oxygens (including phenoxy) is 1. The number of carbonyl (C=O) groups is 2. The number of carboxylic acid groups (broad SMARTS) is 1. The summed E-state index contributed by atoms with van der Waals surface area (Å²) in [5, 5.41) is 11.2. The highest BCUT2D eigenvalue weighted by Crippen LogP contribution is 1.99. The molecule has 6 nitrogen and oxygen atoms in total. The maximum Gasteiger partial charge on any atom is 0.306 e. The molecule has 4 N–H and O–H groups in total. The third kappa shape index (κ3) is 6.36. The molecule has 1 amide bonds. The standard InChI is InChI=1S/C10H20N2O4/c1-7(10(14)15)3-5-12-9(13)8(11)4-6-16-2/h7-8H,3-6,11H2,1-2H3,(H,12,13)(H,14,15). The number of methoxy groups -OCH3 is 1. The Kier molecular flexibility index (Phi) is 7.49. The van der Waals surface area contributed by atoms with E-state index in [1.54, 1.807) is 14.0 Å². The Labute approximate surface area is 95.1 Å². The maximum atomic E-state index is 11.4. The van der Waals surface area contributed by atoms with Gasteiger partial charge < -0.3 is 20.9 Å². The summed E-state index contributed by atoms with van der Waals surface area (Å²) in [7, 11) is 1.54. The average molecular weight is 232 g/mol. The van der Waals surface area contributed by atoms with E-state index in [0.29, 0.717) is 26.0 Å². The number of hydrogen-bond acceptors (Lipinski definition) is 4. The second-order valence-corrected chi connectivity index (χ2v) is 3.71. The van der Waals surface area contributed by atoms with Crippen molar-refractivity contribution in [3.8, 4) is 0 Å². The Morgan fingerprint density at radius 3 is 2.56 bits per heavy atom. The lowest BCUT2D eigenvalue weighted by Crippen LogP contribution is -2.42. The molecule has 16 heavy (non-hydrogen) atoms. The van der Waals surface area contributed by atoms with E-state index >= 15 is 0 Å². The zero-order valence-electron chi connectivity index (χ0n) is 9.73. The van der Waals surface area contributed by atoms with Crippen molar-refractivity contribution in [1.29, 1.82) is 0 Å². The van der Waals surface area contributed by atoms with Crippen LogP contribution in [0.1, 0.15) is 19.8 Å². The number of carbonyl (C=O) groups excluding carboxylic acids is 1. The van der Waals surface area contributed by atoms with Crippen LogP contribution >= 0.6 is 0 Å². The number of nitrogens with one attached hydrogen (secondary N) is 1. The number of carboxylic acids is 1. The Morgan fingerprint density at radius 1 is 1.44 bits per heavy atom. The largest absolute Gasteiger partial charge is 0.481 e. The minimum atomic E-state index is -0.863. The van der Waals surface area contributed by atoms with Gasteiger partial charge in [0.2, 0.25) is 5.91 Å². The summed E-state index contributed by atoms with van der Waals surface area (Å²) in [6, 6.07) is -0.597. The molecule has 0 saturated heterocycles. The minimum absolute atomic E-state index is 0.269. The molecule has 0 aromatic heterocycles. The van der Waals surface area contributed by atoms with Crippen LogP contribution in [-0.2, 0) is 14.3 Å². The molecule has 0 aliphatic carbocycles. The van der Waals surface area contributed by atoms with E-state index < -0.39 is 17.9 Å². The summed E-state index contributed by atoms with van der Waals surface area (Å²) in [6.07, 6.45) is 0.856. The third-order valence-corrected chi connectivity index (χ3v) is 2.27. The zero-order valence-corrected chi connectivity index (χ0v) is 9.73. The van der Waals surface area contributed by atoms with E-state index in [1.165, 1.54) is 0 Å². The summed E-state index contributed by atoms with van der Waals surface area (Å²) < 4.78 is 4.80. The fraction of sp³-hybridized carbons (Fsp3) is 0.800. The molecule has 0 aromatic carbocycles. The lowest BCUT2D eigenvalue weighted by atomic mass is 10.1. The van der Waals surface area contributed by atoms with Crippen LogP contribution in [0.5, 0.6) is 0 Å². The zero-order chi connectivity index (χ0) is 12.6. The van der Waals surface area contributed by atoms with E-state index in [2.05, 4.69) is 5.32 Å². The molecule has 0 radical (unpaired) electrons. The summed E-state index contributed by atoms with van der Waals surface area (Å²) in [4.78, 5) is 21.9. The number of rotatable bonds is 8. The van der Waals surface area contributed by atoms with E-state index in [0.717, 1.165) is 0 Å². The van der Waals surface area contributed by atoms with E-state index in [1.807, 2.05) is 0 Å². The predicted molar refractivity (Wildman–Crippen MR) is 58.9 cm³/mol. The molecule has 0 aliphatic rings. The summed E-state index contributed by atoms with van der Waals surface area (Å²) in [5.41, 5.74) is 5.57. The summed E-state index contributed by atoms with van der Waals surface area (Å²) in [5.74, 6) is -1.59. The van der Waals surface area contributed by atoms with Crippen LogP contribution < -0.4 is 11.1 Å². The molecule has 2 unspecified atom stereocenters. The Hall–Kier alpha value is -1.14. The van der Waals surface area contributed by atoms with Crippen molar-refractivity contribution in [3.63, 3.8) is 0 Å². The monoisotopic (exact) mass is 232 g/mol. The number of nitrogens with two attached hydrogens (primary N) is 1. The van der Waals surface area contributed by atoms with Gasteiger partial charge >= 0.3 is 5.97 Å². The predicted octanol–water partition coefficient (Wildman–Crippen LogP) is -0.423. The molecule has 0 spiro atoms. The Bertz CT molecular complexity index is 233. The topological polar surface area (TPSA) is 102 Å². The smallest absolute Gasteiger partial charge is 0.306 e. The molecule has 0 aromatic rings. The van der Waals surface area contributed by atoms with Crippen molar-refractivity contribution in [3.05, 3.63) is 0 Å². The molecule has 0 heterocycles. The second-order valence-electron chi connectivity index (χ2n) is 3.71. The summed E-state index contributed by atoms with van der Waals surface area (Å²) >= 11 is 0. The van der Waals surface area contributed by atoms with Crippen molar-refractivity contribution >= 4 is 11.9 Å². The lowest BCUT2D eigenvalue weighted by molar-refractivity contribution is -0.141. The maximum absolute atomic E-state index is 11.4. The van der Waals surface area contributed by atoms with E-state index in [9.17, 15) is 9.59 Å². The minimum Gasteiger partial charge on any atom is -0.481 e. The van der Waals surface area contributed by atoms with Crippen LogP contribution in [0, 0.1) is 5.92 Å². The Morgan fingerprint density at radius 2 is 2.06 bits per heavy atom. The van der Waals surface area contributed by atoms with Gasteiger partial charge in [0.15, 0.2) is 0 Å². The summed E-state index contributed by atoms with van der Waals surface area (Å²) in [6.45, 7) is 2.35. The van der Waals surface area contributed by atoms with Gasteiger partial charge in [-0.3, -0.25) is 9.59 Å². The first-order chi connectivity index (χ1) is 7.49. The van der Waals surface area contributed by atoms with Gasteiger partial charge in [-0.25, -0.2) is 0 Å². The quantitative estimate of drug-likeness (QED) is 0.527. The molecule has 94 valence electrons. The highest BCUT2D eigenvalue weighted by Gasteiger charge is 2.14. The van der Waals surface area contributed by atoms with Crippen LogP contribution in [0.2, 0.25) is 0 Å². The molecular weight excluding hydrogens is 212 g/mol. The van der Waals surface area contributed by atoms with Crippen molar-refractivity contribution in [2.75, 3.05) is 20.3 Å². The number of hydrogen-bond donors (Lipinski definition) is 3. The molecule has 0 bridgehead atoms. The van der Waals surface area contributed by atoms with Gasteiger partial charge in [0.05, 0.1) is 12.0 Å². The van der Waals surface area contributed by atoms with E-state index in [4.69, 9.17) is 15.6 Å². The molecule has 2 atom stereocenters. The van der Waals surface area contributed by atoms with Gasteiger partial charge in [-0.05, 0) is 12.8 Å². The highest BCUT2D eigenvalue weighted by molar-refractivity contribution is 5.81. The highest BCUT2D eigenvalue weighted by atomic mass is 16.5. The second kappa shape index (κ2) is 8.06. The molecular formula is C10H20N2O4. The first-order valence-corrected chi connectivity index (χ1v) is 5.24. The van der Waals surface area contributed by atoms with Gasteiger partial charge in [-0.2, -0.15) is 0 Å². The van der Waals surface area contributed by atoms with Gasteiger partial charge in [-0.15, -0.1) is 0 Å². The van der Waals surface area contributed by atoms with Gasteiger partial charge in [0.1, 0.15) is 0 Å². The average Bonchev–Trinajstić information content (AvgIpc) is 2.25. The normalized spacial score (nSPS) is 14.2. The van der Waals surface area contributed by atoms with Crippen molar-refractivity contribution in [2.24, 2.45) is 11.7 Å². The fourth-order valence-corrected chi connectivity index (χ4v) is 1.04. The number of aliphatic carboxylic acids is 1. The van der Waals surface area contributed by atoms with Crippen LogP contribution in [0.15, 0.2) is 0 Å². The van der Waals surface area contributed by atoms with Gasteiger partial charge in [-0.1, -0.05) is 6.92 Å². The van der Waals surface area contributed by atoms with Crippen LogP contribution in [0.25, 0.3) is 0 Å². The third-order valence-electron chi connectivity index (χ3n) is 2.27. The molecule has 6 heteroatoms. The fourth-order valence-electron chi connectivity index (χ4n) is 1.04. The van der Waals surface area contributed by atoms with Crippen LogP contribution in [0.4, 0.5) is 0 Å². The molecule has 0 rings (SSSR count). The first-order valence-electron chi connectivity index (χ1n) is 5.24. The molecule has 0 saturated carbocycles. The molecule has 0 aliphatic heterocycles. The van der Waals surface area contributed by atoms with Crippen LogP contribution in [-0.4, -0.2) is 43.3 Å². The first kappa shape index (κ1) is 14.9.